The molecule has 2 saturated heterocycles. The van der Waals surface area contributed by atoms with Gasteiger partial charge in [-0.1, -0.05) is 36.4 Å². The van der Waals surface area contributed by atoms with Gasteiger partial charge in [0, 0.05) is 31.1 Å². The summed E-state index contributed by atoms with van der Waals surface area (Å²) >= 11 is 1.36. The van der Waals surface area contributed by atoms with E-state index in [0.29, 0.717) is 10.4 Å². The number of hydrogen-bond acceptors (Lipinski definition) is 6. The van der Waals surface area contributed by atoms with Gasteiger partial charge in [0.1, 0.15) is 6.54 Å². The zero-order valence-electron chi connectivity index (χ0n) is 17.6. The van der Waals surface area contributed by atoms with E-state index in [0.717, 1.165) is 4.90 Å². The van der Waals surface area contributed by atoms with Gasteiger partial charge in [-0.05, 0) is 23.9 Å². The number of benzene rings is 1. The van der Waals surface area contributed by atoms with Crippen LogP contribution in [0.5, 0.6) is 0 Å². The van der Waals surface area contributed by atoms with Gasteiger partial charge in [0.2, 0.25) is 15.9 Å². The predicted octanol–water partition coefficient (Wildman–Crippen LogP) is 1.19. The summed E-state index contributed by atoms with van der Waals surface area (Å²) in [4.78, 5) is 41.2. The average molecular weight is 477 g/mol. The molecule has 0 radical (unpaired) electrons. The van der Waals surface area contributed by atoms with Crippen molar-refractivity contribution in [3.63, 3.8) is 0 Å². The highest BCUT2D eigenvalue weighted by Gasteiger charge is 2.50. The molecule has 0 spiro atoms. The molecule has 9 nitrogen and oxygen atoms in total. The van der Waals surface area contributed by atoms with Crippen LogP contribution in [0.3, 0.4) is 0 Å². The largest absolute Gasteiger partial charge is 0.338 e. The first kappa shape index (κ1) is 22.4. The van der Waals surface area contributed by atoms with Crippen LogP contribution < -0.4 is 5.32 Å². The summed E-state index contributed by atoms with van der Waals surface area (Å²) in [6.07, 6.45) is 0. The first-order chi connectivity index (χ1) is 15.2. The van der Waals surface area contributed by atoms with Gasteiger partial charge < -0.3 is 10.2 Å². The van der Waals surface area contributed by atoms with Crippen molar-refractivity contribution in [3.8, 4) is 0 Å². The van der Waals surface area contributed by atoms with E-state index >= 15 is 0 Å². The molecular formula is C21H24N4O5S2. The van der Waals surface area contributed by atoms with Crippen LogP contribution in [-0.4, -0.2) is 73.1 Å². The van der Waals surface area contributed by atoms with Crippen molar-refractivity contribution < 1.29 is 22.8 Å². The third-order valence-electron chi connectivity index (χ3n) is 5.76. The van der Waals surface area contributed by atoms with Crippen LogP contribution in [-0.2, 0) is 30.9 Å². The monoisotopic (exact) mass is 476 g/mol. The van der Waals surface area contributed by atoms with Crippen LogP contribution in [0, 0.1) is 0 Å². The Morgan fingerprint density at radius 1 is 1.06 bits per heavy atom. The molecule has 0 saturated carbocycles. The zero-order chi connectivity index (χ0) is 22.9. The van der Waals surface area contributed by atoms with E-state index in [2.05, 4.69) is 5.32 Å². The molecule has 1 aromatic heterocycles. The van der Waals surface area contributed by atoms with Gasteiger partial charge in [0.05, 0.1) is 5.75 Å². The molecule has 11 heteroatoms. The number of hydrogen-bond donors (Lipinski definition) is 1. The minimum atomic E-state index is -3.50. The minimum absolute atomic E-state index is 0.0917. The van der Waals surface area contributed by atoms with Gasteiger partial charge in [-0.25, -0.2) is 13.2 Å². The molecule has 4 amide bonds. The number of carbonyl (C=O) groups excluding carboxylic acids is 3. The van der Waals surface area contributed by atoms with E-state index in [1.165, 1.54) is 20.5 Å². The number of piperazine rings is 1. The molecule has 2 fully saturated rings. The predicted molar refractivity (Wildman–Crippen MR) is 119 cm³/mol. The van der Waals surface area contributed by atoms with Crippen molar-refractivity contribution in [3.05, 3.63) is 58.3 Å². The molecule has 4 rings (SSSR count). The quantitative estimate of drug-likeness (QED) is 0.631. The maximum Gasteiger partial charge on any atom is 0.325 e. The molecule has 1 N–H and O–H groups in total. The Labute approximate surface area is 190 Å². The number of thiophene rings is 1. The lowest BCUT2D eigenvalue weighted by atomic mass is 10.0. The second-order valence-corrected chi connectivity index (χ2v) is 10.9. The van der Waals surface area contributed by atoms with Gasteiger partial charge in [0.25, 0.3) is 5.91 Å². The molecule has 0 aliphatic carbocycles. The SMILES string of the molecule is CC1(c2cccs2)NC(=O)N(CC(=O)N2CCN(S(=O)(=O)Cc3ccccc3)CC2)C1=O. The number of sulfonamides is 1. The van der Waals surface area contributed by atoms with Crippen molar-refractivity contribution in [2.45, 2.75) is 18.2 Å². The maximum atomic E-state index is 12.9. The summed E-state index contributed by atoms with van der Waals surface area (Å²) in [5, 5.41) is 4.50. The Morgan fingerprint density at radius 3 is 2.38 bits per heavy atom. The van der Waals surface area contributed by atoms with Crippen LogP contribution >= 0.6 is 11.3 Å². The molecule has 0 bridgehead atoms. The van der Waals surface area contributed by atoms with Gasteiger partial charge >= 0.3 is 6.03 Å². The van der Waals surface area contributed by atoms with E-state index in [1.54, 1.807) is 43.3 Å². The summed E-state index contributed by atoms with van der Waals surface area (Å²) in [7, 11) is -3.50. The molecule has 1 atom stereocenters. The number of nitrogens with zero attached hydrogens (tertiary/aromatic N) is 3. The zero-order valence-corrected chi connectivity index (χ0v) is 19.2. The Bertz CT molecular complexity index is 1110. The number of amides is 4. The number of carbonyl (C=O) groups is 3. The number of rotatable bonds is 6. The van der Waals surface area contributed by atoms with Crippen molar-refractivity contribution in [1.82, 2.24) is 19.4 Å². The lowest BCUT2D eigenvalue weighted by Gasteiger charge is -2.34. The highest BCUT2D eigenvalue weighted by molar-refractivity contribution is 7.88. The van der Waals surface area contributed by atoms with Crippen LogP contribution in [0.25, 0.3) is 0 Å². The third kappa shape index (κ3) is 4.27. The van der Waals surface area contributed by atoms with E-state index in [9.17, 15) is 22.8 Å². The summed E-state index contributed by atoms with van der Waals surface area (Å²) < 4.78 is 26.8. The number of nitrogens with one attached hydrogen (secondary N) is 1. The van der Waals surface area contributed by atoms with Crippen molar-refractivity contribution in [2.75, 3.05) is 32.7 Å². The average Bonchev–Trinajstić information content (AvgIpc) is 3.39. The summed E-state index contributed by atoms with van der Waals surface area (Å²) in [5.74, 6) is -0.947. The normalized spacial score (nSPS) is 22.3. The number of urea groups is 1. The Balaban J connectivity index is 1.35. The van der Waals surface area contributed by atoms with E-state index in [1.807, 2.05) is 11.4 Å². The van der Waals surface area contributed by atoms with Crippen molar-refractivity contribution in [1.29, 1.82) is 0 Å². The van der Waals surface area contributed by atoms with Gasteiger partial charge in [0.15, 0.2) is 5.54 Å². The summed E-state index contributed by atoms with van der Waals surface area (Å²) in [5.41, 5.74) is -0.478. The van der Waals surface area contributed by atoms with E-state index < -0.39 is 27.5 Å². The fraction of sp³-hybridized carbons (Fsp3) is 0.381. The smallest absolute Gasteiger partial charge is 0.325 e. The minimum Gasteiger partial charge on any atom is -0.338 e. The molecule has 32 heavy (non-hydrogen) atoms. The van der Waals surface area contributed by atoms with Gasteiger partial charge in [-0.3, -0.25) is 14.5 Å². The summed E-state index contributed by atoms with van der Waals surface area (Å²) in [6, 6.07) is 11.9. The first-order valence-corrected chi connectivity index (χ1v) is 12.7. The highest BCUT2D eigenvalue weighted by atomic mass is 32.2. The molecule has 2 aliphatic rings. The molecular weight excluding hydrogens is 452 g/mol. The molecule has 3 heterocycles. The second-order valence-electron chi connectivity index (χ2n) is 7.95. The summed E-state index contributed by atoms with van der Waals surface area (Å²) in [6.45, 7) is 2.02. The molecule has 1 unspecified atom stereocenters. The topological polar surface area (TPSA) is 107 Å². The first-order valence-electron chi connectivity index (χ1n) is 10.2. The van der Waals surface area contributed by atoms with Crippen LogP contribution in [0.1, 0.15) is 17.4 Å². The third-order valence-corrected chi connectivity index (χ3v) is 8.70. The van der Waals surface area contributed by atoms with E-state index in [-0.39, 0.29) is 44.4 Å². The maximum absolute atomic E-state index is 12.9. The Kier molecular flexibility index (Phi) is 6.06. The Morgan fingerprint density at radius 2 is 1.75 bits per heavy atom. The Hall–Kier alpha value is -2.76. The lowest BCUT2D eigenvalue weighted by molar-refractivity contribution is -0.139. The van der Waals surface area contributed by atoms with E-state index in [4.69, 9.17) is 0 Å². The fourth-order valence-electron chi connectivity index (χ4n) is 3.90. The standard InChI is InChI=1S/C21H24N4O5S2/c1-21(17-8-5-13-31-17)19(27)25(20(28)22-21)14-18(26)23-9-11-24(12-10-23)32(29,30)15-16-6-3-2-4-7-16/h2-8,13H,9-12,14-15H2,1H3,(H,22,28). The molecule has 2 aromatic rings. The van der Waals surface area contributed by atoms with Gasteiger partial charge in [-0.15, -0.1) is 11.3 Å². The van der Waals surface area contributed by atoms with Gasteiger partial charge in [-0.2, -0.15) is 4.31 Å². The van der Waals surface area contributed by atoms with Crippen molar-refractivity contribution >= 4 is 39.2 Å². The molecule has 1 aromatic carbocycles. The van der Waals surface area contributed by atoms with Crippen LogP contribution in [0.15, 0.2) is 47.8 Å². The fourth-order valence-corrected chi connectivity index (χ4v) is 6.25. The highest BCUT2D eigenvalue weighted by Crippen LogP contribution is 2.31. The van der Waals surface area contributed by atoms with Crippen molar-refractivity contribution in [2.24, 2.45) is 0 Å². The number of imide groups is 1. The van der Waals surface area contributed by atoms with Crippen LogP contribution in [0.2, 0.25) is 0 Å². The second kappa shape index (κ2) is 8.64. The lowest BCUT2D eigenvalue weighted by Crippen LogP contribution is -2.53. The van der Waals surface area contributed by atoms with Crippen LogP contribution in [0.4, 0.5) is 4.79 Å². The molecule has 170 valence electrons. The molecule has 2 aliphatic heterocycles.